The van der Waals surface area contributed by atoms with Crippen LogP contribution in [0.15, 0.2) is 12.3 Å². The molecular formula is C5H4O2S. The Morgan fingerprint density at radius 2 is 2.50 bits per heavy atom. The zero-order valence-corrected chi connectivity index (χ0v) is 4.90. The number of esters is 1. The summed E-state index contributed by atoms with van der Waals surface area (Å²) in [7, 11) is 0. The minimum atomic E-state index is -0.387. The summed E-state index contributed by atoms with van der Waals surface area (Å²) in [6, 6.07) is 0. The van der Waals surface area contributed by atoms with Gasteiger partial charge in [-0.25, -0.2) is 4.79 Å². The van der Waals surface area contributed by atoms with Crippen LogP contribution in [-0.4, -0.2) is 10.8 Å². The molecule has 1 heterocycles. The molecule has 1 rings (SSSR count). The van der Waals surface area contributed by atoms with Crippen molar-refractivity contribution < 1.29 is 9.53 Å². The Morgan fingerprint density at radius 1 is 1.75 bits per heavy atom. The van der Waals surface area contributed by atoms with Crippen LogP contribution in [0, 0.1) is 0 Å². The molecule has 0 aromatic rings. The van der Waals surface area contributed by atoms with E-state index in [0.29, 0.717) is 11.3 Å². The van der Waals surface area contributed by atoms with Crippen molar-refractivity contribution in [2.24, 2.45) is 0 Å². The first-order valence-electron chi connectivity index (χ1n) is 2.19. The molecular weight excluding hydrogens is 124 g/mol. The summed E-state index contributed by atoms with van der Waals surface area (Å²) in [4.78, 5) is 10.7. The molecule has 1 aliphatic rings. The Bertz CT molecular complexity index is 142. The minimum absolute atomic E-state index is 0.354. The first-order chi connectivity index (χ1) is 3.80. The number of hydrogen-bond donors (Lipinski definition) is 0. The van der Waals surface area contributed by atoms with Gasteiger partial charge in [0.05, 0.1) is 6.26 Å². The number of allylic oxidation sites excluding steroid dienone is 1. The van der Waals surface area contributed by atoms with Gasteiger partial charge >= 0.3 is 5.97 Å². The number of carbonyl (C=O) groups excluding carboxylic acids is 1. The maximum absolute atomic E-state index is 10.4. The highest BCUT2D eigenvalue weighted by atomic mass is 32.1. The van der Waals surface area contributed by atoms with Gasteiger partial charge in [-0.05, 0) is 6.08 Å². The molecule has 0 saturated carbocycles. The summed E-state index contributed by atoms with van der Waals surface area (Å²) in [5, 5.41) is 0. The monoisotopic (exact) mass is 128 g/mol. The molecule has 2 nitrogen and oxygen atoms in total. The standard InChI is InChI=1S/C5H4O2S/c6-5-4(8)2-1-3-7-5/h1,3H,2H2. The van der Waals surface area contributed by atoms with Gasteiger partial charge in [-0.1, -0.05) is 12.2 Å². The van der Waals surface area contributed by atoms with Crippen molar-refractivity contribution in [3.05, 3.63) is 12.3 Å². The Labute approximate surface area is 52.1 Å². The van der Waals surface area contributed by atoms with Gasteiger partial charge in [-0.3, -0.25) is 0 Å². The summed E-state index contributed by atoms with van der Waals surface area (Å²) in [5.74, 6) is -0.387. The Balaban J connectivity index is 2.71. The van der Waals surface area contributed by atoms with E-state index < -0.39 is 0 Å². The predicted molar refractivity (Wildman–Crippen MR) is 32.4 cm³/mol. The van der Waals surface area contributed by atoms with E-state index in [0.717, 1.165) is 0 Å². The zero-order valence-electron chi connectivity index (χ0n) is 4.09. The average Bonchev–Trinajstić information content (AvgIpc) is 1.77. The molecule has 0 aromatic heterocycles. The van der Waals surface area contributed by atoms with Crippen LogP contribution in [-0.2, 0) is 9.53 Å². The molecule has 0 atom stereocenters. The van der Waals surface area contributed by atoms with Crippen molar-refractivity contribution in [3.63, 3.8) is 0 Å². The van der Waals surface area contributed by atoms with E-state index in [1.807, 2.05) is 0 Å². The molecule has 0 aromatic carbocycles. The van der Waals surface area contributed by atoms with E-state index in [1.54, 1.807) is 6.08 Å². The van der Waals surface area contributed by atoms with Gasteiger partial charge in [0.25, 0.3) is 0 Å². The van der Waals surface area contributed by atoms with Crippen molar-refractivity contribution in [1.29, 1.82) is 0 Å². The van der Waals surface area contributed by atoms with Crippen LogP contribution in [0.5, 0.6) is 0 Å². The van der Waals surface area contributed by atoms with Crippen molar-refractivity contribution in [1.82, 2.24) is 0 Å². The third-order valence-corrected chi connectivity index (χ3v) is 1.14. The number of hydrogen-bond acceptors (Lipinski definition) is 3. The van der Waals surface area contributed by atoms with E-state index in [2.05, 4.69) is 17.0 Å². The quantitative estimate of drug-likeness (QED) is 0.357. The molecule has 0 aliphatic carbocycles. The summed E-state index contributed by atoms with van der Waals surface area (Å²) in [6.07, 6.45) is 3.62. The number of rotatable bonds is 0. The van der Waals surface area contributed by atoms with Crippen molar-refractivity contribution in [3.8, 4) is 0 Å². The van der Waals surface area contributed by atoms with Gasteiger partial charge in [-0.2, -0.15) is 0 Å². The van der Waals surface area contributed by atoms with E-state index in [9.17, 15) is 4.79 Å². The molecule has 8 heavy (non-hydrogen) atoms. The first-order valence-corrected chi connectivity index (χ1v) is 2.60. The van der Waals surface area contributed by atoms with Crippen LogP contribution < -0.4 is 0 Å². The largest absolute Gasteiger partial charge is 0.431 e. The first kappa shape index (κ1) is 5.44. The van der Waals surface area contributed by atoms with Crippen LogP contribution >= 0.6 is 12.2 Å². The summed E-state index contributed by atoms with van der Waals surface area (Å²) >= 11 is 4.60. The summed E-state index contributed by atoms with van der Waals surface area (Å²) < 4.78 is 4.43. The van der Waals surface area contributed by atoms with E-state index >= 15 is 0 Å². The molecule has 0 fully saturated rings. The highest BCUT2D eigenvalue weighted by molar-refractivity contribution is 7.82. The third kappa shape index (κ3) is 0.924. The van der Waals surface area contributed by atoms with Crippen molar-refractivity contribution in [2.45, 2.75) is 6.42 Å². The van der Waals surface area contributed by atoms with Gasteiger partial charge in [0.15, 0.2) is 0 Å². The lowest BCUT2D eigenvalue weighted by molar-refractivity contribution is -0.130. The second kappa shape index (κ2) is 2.05. The van der Waals surface area contributed by atoms with E-state index in [1.165, 1.54) is 6.26 Å². The van der Waals surface area contributed by atoms with Crippen LogP contribution in [0.4, 0.5) is 0 Å². The predicted octanol–water partition coefficient (Wildman–Crippen LogP) is 0.817. The highest BCUT2D eigenvalue weighted by Crippen LogP contribution is 1.99. The number of carbonyl (C=O) groups is 1. The molecule has 0 radical (unpaired) electrons. The molecule has 0 amide bonds. The topological polar surface area (TPSA) is 26.3 Å². The van der Waals surface area contributed by atoms with Crippen LogP contribution in [0.1, 0.15) is 6.42 Å². The molecule has 3 heteroatoms. The Hall–Kier alpha value is -0.700. The van der Waals surface area contributed by atoms with Crippen molar-refractivity contribution in [2.75, 3.05) is 0 Å². The Morgan fingerprint density at radius 3 is 2.88 bits per heavy atom. The molecule has 0 N–H and O–H groups in total. The summed E-state index contributed by atoms with van der Waals surface area (Å²) in [6.45, 7) is 0. The SMILES string of the molecule is O=C1OC=CCC1=S. The normalized spacial score (nSPS) is 18.5. The molecule has 42 valence electrons. The van der Waals surface area contributed by atoms with Gasteiger partial charge in [0, 0.05) is 6.42 Å². The van der Waals surface area contributed by atoms with E-state index in [4.69, 9.17) is 0 Å². The molecule has 0 spiro atoms. The van der Waals surface area contributed by atoms with Gasteiger partial charge in [-0.15, -0.1) is 0 Å². The zero-order chi connectivity index (χ0) is 5.98. The average molecular weight is 128 g/mol. The lowest BCUT2D eigenvalue weighted by Gasteiger charge is -2.02. The molecule has 0 unspecified atom stereocenters. The Kier molecular flexibility index (Phi) is 1.39. The number of thiocarbonyl (C=S) groups is 1. The lowest BCUT2D eigenvalue weighted by Crippen LogP contribution is -2.14. The maximum atomic E-state index is 10.4. The van der Waals surface area contributed by atoms with Crippen LogP contribution in [0.25, 0.3) is 0 Å². The van der Waals surface area contributed by atoms with Crippen LogP contribution in [0.3, 0.4) is 0 Å². The lowest BCUT2D eigenvalue weighted by atomic mass is 10.3. The highest BCUT2D eigenvalue weighted by Gasteiger charge is 2.10. The van der Waals surface area contributed by atoms with Gasteiger partial charge < -0.3 is 4.74 Å². The summed E-state index contributed by atoms with van der Waals surface area (Å²) in [5.41, 5.74) is 0. The maximum Gasteiger partial charge on any atom is 0.350 e. The fourth-order valence-corrected chi connectivity index (χ4v) is 0.558. The molecule has 0 saturated heterocycles. The fraction of sp³-hybridized carbons (Fsp3) is 0.200. The fourth-order valence-electron chi connectivity index (χ4n) is 0.414. The molecule has 1 aliphatic heterocycles. The second-order valence-electron chi connectivity index (χ2n) is 1.40. The van der Waals surface area contributed by atoms with E-state index in [-0.39, 0.29) is 5.97 Å². The van der Waals surface area contributed by atoms with Crippen molar-refractivity contribution >= 4 is 23.1 Å². The number of ether oxygens (including phenoxy) is 1. The van der Waals surface area contributed by atoms with Crippen LogP contribution in [0.2, 0.25) is 0 Å². The minimum Gasteiger partial charge on any atom is -0.431 e. The third-order valence-electron chi connectivity index (χ3n) is 0.802. The second-order valence-corrected chi connectivity index (χ2v) is 1.90. The number of cyclic esters (lactones) is 1. The van der Waals surface area contributed by atoms with Gasteiger partial charge in [0.1, 0.15) is 4.86 Å². The van der Waals surface area contributed by atoms with Gasteiger partial charge in [0.2, 0.25) is 0 Å². The smallest absolute Gasteiger partial charge is 0.350 e. The molecule has 0 bridgehead atoms.